The van der Waals surface area contributed by atoms with Crippen LogP contribution in [0.4, 0.5) is 0 Å². The molecule has 5 heterocycles. The fourth-order valence-corrected chi connectivity index (χ4v) is 7.28. The molecule has 5 fully saturated rings. The van der Waals surface area contributed by atoms with Gasteiger partial charge in [-0.15, -0.1) is 0 Å². The molecule has 0 aromatic rings. The van der Waals surface area contributed by atoms with Crippen molar-refractivity contribution >= 4 is 11.8 Å². The monoisotopic (exact) mass is 479 g/mol. The number of carbonyl (C=O) groups is 2. The molecule has 10 heteroatoms. The third-order valence-electron chi connectivity index (χ3n) is 9.35. The highest BCUT2D eigenvalue weighted by Crippen LogP contribution is 2.25. The average molecular weight is 480 g/mol. The van der Waals surface area contributed by atoms with E-state index in [0.29, 0.717) is 24.2 Å². The van der Waals surface area contributed by atoms with Crippen LogP contribution in [-0.4, -0.2) is 91.5 Å². The Morgan fingerprint density at radius 3 is 2.53 bits per heavy atom. The van der Waals surface area contributed by atoms with E-state index in [0.717, 1.165) is 64.8 Å². The molecule has 0 aromatic heterocycles. The van der Waals surface area contributed by atoms with Gasteiger partial charge in [-0.25, -0.2) is 0 Å². The van der Waals surface area contributed by atoms with Gasteiger partial charge in [0, 0.05) is 83.5 Å². The highest BCUT2D eigenvalue weighted by atomic mass is 16.7. The topological polar surface area (TPSA) is 121 Å². The highest BCUT2D eigenvalue weighted by Gasteiger charge is 2.46. The van der Waals surface area contributed by atoms with E-state index in [2.05, 4.69) is 21.0 Å². The van der Waals surface area contributed by atoms with Gasteiger partial charge in [-0.2, -0.15) is 5.48 Å². The van der Waals surface area contributed by atoms with Gasteiger partial charge < -0.3 is 20.9 Å². The molecule has 5 aliphatic heterocycles. The summed E-state index contributed by atoms with van der Waals surface area (Å²) in [4.78, 5) is 35.6. The normalized spacial score (nSPS) is 38.9. The number of hydrogen-bond acceptors (Lipinski definition) is 6. The predicted molar refractivity (Wildman–Crippen MR) is 126 cm³/mol. The first-order chi connectivity index (χ1) is 16.5. The Morgan fingerprint density at radius 1 is 1.06 bits per heavy atom. The van der Waals surface area contributed by atoms with Gasteiger partial charge in [-0.1, -0.05) is 0 Å². The minimum atomic E-state index is -0.139. The van der Waals surface area contributed by atoms with Gasteiger partial charge >= 0.3 is 0 Å². The van der Waals surface area contributed by atoms with Crippen molar-refractivity contribution in [1.29, 1.82) is 0 Å². The Balaban J connectivity index is 1.12. The van der Waals surface area contributed by atoms with Crippen LogP contribution in [-0.2, 0) is 14.4 Å². The molecule has 5 aliphatic rings. The van der Waals surface area contributed by atoms with Crippen molar-refractivity contribution in [2.24, 2.45) is 17.6 Å². The number of carbonyl (C=O) groups excluding carboxylic acids is 2. The number of amides is 2. The molecule has 10 nitrogen and oxygen atoms in total. The van der Waals surface area contributed by atoms with Crippen LogP contribution in [0.2, 0.25) is 0 Å². The molecule has 0 spiro atoms. The van der Waals surface area contributed by atoms with Crippen molar-refractivity contribution < 1.29 is 24.6 Å². The molecular formula is C24H45N7O3+2. The lowest BCUT2D eigenvalue weighted by Crippen LogP contribution is -3.19. The summed E-state index contributed by atoms with van der Waals surface area (Å²) in [5.41, 5.74) is 8.90. The van der Waals surface area contributed by atoms with Gasteiger partial charge in [0.05, 0.1) is 25.3 Å². The van der Waals surface area contributed by atoms with Crippen molar-refractivity contribution in [3.05, 3.63) is 0 Å². The lowest BCUT2D eigenvalue weighted by molar-refractivity contribution is -0.942. The van der Waals surface area contributed by atoms with Crippen LogP contribution < -0.4 is 26.7 Å². The lowest BCUT2D eigenvalue weighted by atomic mass is 9.90. The molecule has 5 saturated heterocycles. The van der Waals surface area contributed by atoms with Gasteiger partial charge in [-0.3, -0.25) is 24.6 Å². The number of piperidine rings is 3. The number of nitrogens with two attached hydrogens (primary N) is 2. The zero-order valence-electron chi connectivity index (χ0n) is 20.7. The van der Waals surface area contributed by atoms with Gasteiger partial charge in [0.15, 0.2) is 6.23 Å². The van der Waals surface area contributed by atoms with Crippen molar-refractivity contribution in [2.45, 2.75) is 88.9 Å². The van der Waals surface area contributed by atoms with Crippen molar-refractivity contribution in [2.75, 3.05) is 39.3 Å². The zero-order chi connectivity index (χ0) is 23.7. The van der Waals surface area contributed by atoms with Crippen molar-refractivity contribution in [1.82, 2.24) is 20.6 Å². The first kappa shape index (κ1) is 24.4. The molecule has 6 atom stereocenters. The standard InChI is InChI=1S/C24H43N7O3/c1-16(32)29-13-7-19(8-14-29)31-10-2-3-20(31)24-27-23(28-34-24)18-4-9-26-21(15-18)30-11-5-17(6-12-30)22(25)33/h17-21,23-24,26-28H,2-15H2,1H3,(H2,25,33)/p+2/t18?,20-,21?,23?,24?/m0/s1. The number of hydroxylamine groups is 1. The van der Waals surface area contributed by atoms with Gasteiger partial charge in [0.2, 0.25) is 11.8 Å². The lowest BCUT2D eigenvalue weighted by Gasteiger charge is -2.40. The third kappa shape index (κ3) is 5.27. The molecule has 0 aromatic carbocycles. The largest absolute Gasteiger partial charge is 0.369 e. The van der Waals surface area contributed by atoms with Gasteiger partial charge in [0.25, 0.3) is 0 Å². The van der Waals surface area contributed by atoms with E-state index in [1.54, 1.807) is 11.8 Å². The third-order valence-corrected chi connectivity index (χ3v) is 9.35. The fourth-order valence-electron chi connectivity index (χ4n) is 7.28. The second-order valence-electron chi connectivity index (χ2n) is 11.2. The quantitative estimate of drug-likeness (QED) is 0.293. The van der Waals surface area contributed by atoms with E-state index in [-0.39, 0.29) is 30.1 Å². The van der Waals surface area contributed by atoms with E-state index in [1.165, 1.54) is 25.8 Å². The van der Waals surface area contributed by atoms with Gasteiger partial charge in [-0.05, 0) is 12.8 Å². The van der Waals surface area contributed by atoms with Crippen LogP contribution in [0.15, 0.2) is 0 Å². The Labute approximate surface area is 203 Å². The molecule has 0 bridgehead atoms. The van der Waals surface area contributed by atoms with Gasteiger partial charge in [0.1, 0.15) is 12.2 Å². The van der Waals surface area contributed by atoms with E-state index >= 15 is 0 Å². The molecule has 0 aliphatic carbocycles. The van der Waals surface area contributed by atoms with E-state index in [9.17, 15) is 9.59 Å². The van der Waals surface area contributed by atoms with E-state index < -0.39 is 0 Å². The summed E-state index contributed by atoms with van der Waals surface area (Å²) < 4.78 is 0. The SMILES string of the molecule is CC(=O)N1CCC([NH+]2CCC[C@H]2C2NC(C3CC[NH2+]C(N4CCC(C(N)=O)CC4)C3)NO2)CC1. The van der Waals surface area contributed by atoms with E-state index in [4.69, 9.17) is 10.6 Å². The first-order valence-corrected chi connectivity index (χ1v) is 13.6. The number of primary amides is 1. The summed E-state index contributed by atoms with van der Waals surface area (Å²) in [6.45, 7) is 7.75. The van der Waals surface area contributed by atoms with Crippen molar-refractivity contribution in [3.63, 3.8) is 0 Å². The molecule has 0 saturated carbocycles. The number of nitrogens with one attached hydrogen (secondary N) is 3. The summed E-state index contributed by atoms with van der Waals surface area (Å²) >= 11 is 0. The highest BCUT2D eigenvalue weighted by molar-refractivity contribution is 5.76. The molecular weight excluding hydrogens is 434 g/mol. The predicted octanol–water partition coefficient (Wildman–Crippen LogP) is -2.68. The maximum absolute atomic E-state index is 11.7. The first-order valence-electron chi connectivity index (χ1n) is 13.6. The van der Waals surface area contributed by atoms with Crippen molar-refractivity contribution in [3.8, 4) is 0 Å². The zero-order valence-corrected chi connectivity index (χ0v) is 20.7. The van der Waals surface area contributed by atoms with Crippen LogP contribution in [0.1, 0.15) is 58.3 Å². The van der Waals surface area contributed by atoms with Crippen LogP contribution in [0.25, 0.3) is 0 Å². The second-order valence-corrected chi connectivity index (χ2v) is 11.2. The van der Waals surface area contributed by atoms with Crippen LogP contribution in [0.3, 0.4) is 0 Å². The number of quaternary nitrogens is 2. The summed E-state index contributed by atoms with van der Waals surface area (Å²) in [6, 6.07) is 1.11. The molecule has 0 radical (unpaired) electrons. The molecule has 192 valence electrons. The Kier molecular flexibility index (Phi) is 7.72. The summed E-state index contributed by atoms with van der Waals surface area (Å²) in [7, 11) is 0. The summed E-state index contributed by atoms with van der Waals surface area (Å²) in [5.74, 6) is 0.659. The van der Waals surface area contributed by atoms with Crippen LogP contribution in [0.5, 0.6) is 0 Å². The number of nitrogens with zero attached hydrogens (tertiary/aromatic N) is 2. The summed E-state index contributed by atoms with van der Waals surface area (Å²) in [5, 5.41) is 6.31. The molecule has 34 heavy (non-hydrogen) atoms. The Bertz CT molecular complexity index is 723. The Hall–Kier alpha value is -1.30. The fraction of sp³-hybridized carbons (Fsp3) is 0.917. The molecule has 2 amide bonds. The molecule has 7 N–H and O–H groups in total. The number of hydrogen-bond donors (Lipinski definition) is 5. The smallest absolute Gasteiger partial charge is 0.220 e. The Morgan fingerprint density at radius 2 is 1.82 bits per heavy atom. The minimum absolute atomic E-state index is 0.0505. The maximum Gasteiger partial charge on any atom is 0.220 e. The molecule has 5 rings (SSSR count). The second kappa shape index (κ2) is 10.8. The summed E-state index contributed by atoms with van der Waals surface area (Å²) in [6.07, 6.45) is 9.48. The van der Waals surface area contributed by atoms with Crippen LogP contribution >= 0.6 is 0 Å². The van der Waals surface area contributed by atoms with Crippen LogP contribution in [0, 0.1) is 11.8 Å². The van der Waals surface area contributed by atoms with E-state index in [1.807, 2.05) is 4.90 Å². The maximum atomic E-state index is 11.7. The molecule has 5 unspecified atom stereocenters. The number of likely N-dealkylation sites (tertiary alicyclic amines) is 3. The average Bonchev–Trinajstić information content (AvgIpc) is 3.54. The number of rotatable bonds is 5. The minimum Gasteiger partial charge on any atom is -0.369 e.